The van der Waals surface area contributed by atoms with Crippen LogP contribution in [0.1, 0.15) is 41.0 Å². The summed E-state index contributed by atoms with van der Waals surface area (Å²) >= 11 is 0. The molecule has 1 saturated heterocycles. The summed E-state index contributed by atoms with van der Waals surface area (Å²) in [5.74, 6) is -0.236. The van der Waals surface area contributed by atoms with Gasteiger partial charge in [-0.25, -0.2) is 0 Å². The van der Waals surface area contributed by atoms with Crippen molar-refractivity contribution >= 4 is 0 Å². The fourth-order valence-corrected chi connectivity index (χ4v) is 2.43. The van der Waals surface area contributed by atoms with Gasteiger partial charge in [-0.2, -0.15) is 0 Å². The molecule has 1 unspecified atom stereocenters. The fourth-order valence-electron chi connectivity index (χ4n) is 2.43. The Balaban J connectivity index is 2.84. The Labute approximate surface area is 105 Å². The minimum Gasteiger partial charge on any atom is -0.393 e. The molecule has 0 saturated carbocycles. The van der Waals surface area contributed by atoms with Crippen LogP contribution in [0.3, 0.4) is 0 Å². The van der Waals surface area contributed by atoms with E-state index in [2.05, 4.69) is 13.5 Å². The van der Waals surface area contributed by atoms with E-state index in [1.165, 1.54) is 0 Å². The van der Waals surface area contributed by atoms with E-state index >= 15 is 0 Å². The monoisotopic (exact) mass is 242 g/mol. The van der Waals surface area contributed by atoms with E-state index in [9.17, 15) is 5.11 Å². The van der Waals surface area contributed by atoms with Crippen LogP contribution in [-0.4, -0.2) is 29.2 Å². The summed E-state index contributed by atoms with van der Waals surface area (Å²) in [4.78, 5) is 0. The molecule has 0 aromatic carbocycles. The van der Waals surface area contributed by atoms with Crippen molar-refractivity contribution in [1.29, 1.82) is 0 Å². The third-order valence-corrected chi connectivity index (χ3v) is 3.64. The van der Waals surface area contributed by atoms with Crippen LogP contribution in [0, 0.1) is 11.8 Å². The molecule has 0 aliphatic carbocycles. The number of aliphatic hydroxyl groups excluding tert-OH is 1. The second-order valence-corrected chi connectivity index (χ2v) is 5.62. The van der Waals surface area contributed by atoms with Gasteiger partial charge in [0.15, 0.2) is 5.79 Å². The zero-order valence-electron chi connectivity index (χ0n) is 11.6. The van der Waals surface area contributed by atoms with Crippen LogP contribution >= 0.6 is 0 Å². The number of aliphatic hydroxyl groups is 1. The highest BCUT2D eigenvalue weighted by Crippen LogP contribution is 2.36. The predicted molar refractivity (Wildman–Crippen MR) is 68.6 cm³/mol. The lowest BCUT2D eigenvalue weighted by Crippen LogP contribution is -2.53. The Morgan fingerprint density at radius 1 is 1.35 bits per heavy atom. The molecular weight excluding hydrogens is 216 g/mol. The van der Waals surface area contributed by atoms with Gasteiger partial charge in [0, 0.05) is 11.8 Å². The third kappa shape index (κ3) is 3.54. The molecule has 17 heavy (non-hydrogen) atoms. The highest BCUT2D eigenvalue weighted by atomic mass is 16.7. The number of hydrogen-bond donors (Lipinski definition) is 1. The molecule has 3 heteroatoms. The van der Waals surface area contributed by atoms with Crippen molar-refractivity contribution < 1.29 is 14.6 Å². The van der Waals surface area contributed by atoms with E-state index in [1.807, 2.05) is 33.8 Å². The van der Waals surface area contributed by atoms with Gasteiger partial charge in [0.05, 0.1) is 18.3 Å². The molecule has 1 aliphatic heterocycles. The van der Waals surface area contributed by atoms with Gasteiger partial charge in [0.2, 0.25) is 0 Å². The van der Waals surface area contributed by atoms with Gasteiger partial charge < -0.3 is 14.6 Å². The van der Waals surface area contributed by atoms with Crippen molar-refractivity contribution in [1.82, 2.24) is 0 Å². The first-order valence-corrected chi connectivity index (χ1v) is 6.43. The maximum Gasteiger partial charge on any atom is 0.163 e. The molecule has 1 fully saturated rings. The van der Waals surface area contributed by atoms with E-state index in [4.69, 9.17) is 9.47 Å². The first-order chi connectivity index (χ1) is 7.78. The minimum atomic E-state index is -0.589. The quantitative estimate of drug-likeness (QED) is 0.770. The summed E-state index contributed by atoms with van der Waals surface area (Å²) < 4.78 is 11.9. The van der Waals surface area contributed by atoms with Gasteiger partial charge in [-0.15, -0.1) is 6.58 Å². The average Bonchev–Trinajstić information content (AvgIpc) is 2.21. The fraction of sp³-hybridized carbons (Fsp3) is 0.857. The maximum atomic E-state index is 9.74. The van der Waals surface area contributed by atoms with Crippen molar-refractivity contribution in [3.63, 3.8) is 0 Å². The summed E-state index contributed by atoms with van der Waals surface area (Å²) in [6.45, 7) is 13.6. The highest BCUT2D eigenvalue weighted by molar-refractivity contribution is 4.89. The Hall–Kier alpha value is -0.380. The molecule has 1 heterocycles. The van der Waals surface area contributed by atoms with Crippen LogP contribution in [0.15, 0.2) is 12.7 Å². The smallest absolute Gasteiger partial charge is 0.163 e. The Morgan fingerprint density at radius 2 is 1.94 bits per heavy atom. The zero-order chi connectivity index (χ0) is 13.2. The molecule has 0 spiro atoms. The minimum absolute atomic E-state index is 0.0173. The lowest BCUT2D eigenvalue weighted by atomic mass is 9.84. The normalized spacial score (nSPS) is 36.2. The van der Waals surface area contributed by atoms with Crippen LogP contribution in [0.5, 0.6) is 0 Å². The van der Waals surface area contributed by atoms with Crippen LogP contribution in [-0.2, 0) is 9.47 Å². The molecule has 5 atom stereocenters. The Bertz CT molecular complexity index is 260. The summed E-state index contributed by atoms with van der Waals surface area (Å²) in [6, 6.07) is 0. The maximum absolute atomic E-state index is 9.74. The number of rotatable bonds is 4. The largest absolute Gasteiger partial charge is 0.393 e. The lowest BCUT2D eigenvalue weighted by Gasteiger charge is -2.47. The molecule has 0 amide bonds. The Morgan fingerprint density at radius 3 is 2.41 bits per heavy atom. The summed E-state index contributed by atoms with van der Waals surface area (Å²) in [7, 11) is 0. The van der Waals surface area contributed by atoms with Gasteiger partial charge in [-0.3, -0.25) is 0 Å². The molecule has 0 radical (unpaired) electrons. The lowest BCUT2D eigenvalue weighted by molar-refractivity contribution is -0.329. The standard InChI is InChI=1S/C14H26O3/c1-7-8-12-10(3)13(9(2)11(4)15)17-14(5,6)16-12/h7,9-13,15H,1,8H2,2-6H3/t9-,10-,11?,12+,13+/m1/s1. The number of hydrogen-bond acceptors (Lipinski definition) is 3. The molecule has 1 N–H and O–H groups in total. The molecule has 100 valence electrons. The van der Waals surface area contributed by atoms with Crippen LogP contribution in [0.4, 0.5) is 0 Å². The Kier molecular flexibility index (Phi) is 4.76. The number of ether oxygens (including phenoxy) is 2. The topological polar surface area (TPSA) is 38.7 Å². The predicted octanol–water partition coefficient (Wildman–Crippen LogP) is 2.74. The second kappa shape index (κ2) is 5.51. The highest BCUT2D eigenvalue weighted by Gasteiger charge is 2.43. The first kappa shape index (κ1) is 14.7. The van der Waals surface area contributed by atoms with E-state index in [0.29, 0.717) is 0 Å². The molecule has 0 bridgehead atoms. The van der Waals surface area contributed by atoms with Gasteiger partial charge >= 0.3 is 0 Å². The van der Waals surface area contributed by atoms with E-state index in [1.54, 1.807) is 0 Å². The van der Waals surface area contributed by atoms with Crippen molar-refractivity contribution in [2.75, 3.05) is 0 Å². The first-order valence-electron chi connectivity index (χ1n) is 6.43. The molecule has 0 aromatic heterocycles. The molecule has 1 rings (SSSR count). The SMILES string of the molecule is C=CC[C@@H]1OC(C)(C)O[C@@H]([C@H](C)C(C)O)[C@@H]1C. The van der Waals surface area contributed by atoms with E-state index in [0.717, 1.165) is 6.42 Å². The molecule has 1 aliphatic rings. The third-order valence-electron chi connectivity index (χ3n) is 3.64. The van der Waals surface area contributed by atoms with Crippen molar-refractivity contribution in [3.8, 4) is 0 Å². The van der Waals surface area contributed by atoms with Gasteiger partial charge in [0.1, 0.15) is 0 Å². The van der Waals surface area contributed by atoms with Crippen LogP contribution in [0.25, 0.3) is 0 Å². The summed E-state index contributed by atoms with van der Waals surface area (Å²) in [5.41, 5.74) is 0. The van der Waals surface area contributed by atoms with Gasteiger partial charge in [-0.05, 0) is 27.2 Å². The molecule has 0 aromatic rings. The molecule has 3 nitrogen and oxygen atoms in total. The zero-order valence-corrected chi connectivity index (χ0v) is 11.6. The van der Waals surface area contributed by atoms with Crippen LogP contribution < -0.4 is 0 Å². The van der Waals surface area contributed by atoms with Crippen LogP contribution in [0.2, 0.25) is 0 Å². The van der Waals surface area contributed by atoms with Gasteiger partial charge in [0.25, 0.3) is 0 Å². The summed E-state index contributed by atoms with van der Waals surface area (Å²) in [5, 5.41) is 9.74. The van der Waals surface area contributed by atoms with E-state index in [-0.39, 0.29) is 30.1 Å². The van der Waals surface area contributed by atoms with Crippen molar-refractivity contribution in [2.45, 2.75) is 65.1 Å². The van der Waals surface area contributed by atoms with Gasteiger partial charge in [-0.1, -0.05) is 19.9 Å². The summed E-state index contributed by atoms with van der Waals surface area (Å²) in [6.07, 6.45) is 2.45. The van der Waals surface area contributed by atoms with E-state index < -0.39 is 5.79 Å². The van der Waals surface area contributed by atoms with Crippen molar-refractivity contribution in [2.24, 2.45) is 11.8 Å². The molecular formula is C14H26O3. The van der Waals surface area contributed by atoms with Crippen molar-refractivity contribution in [3.05, 3.63) is 12.7 Å². The second-order valence-electron chi connectivity index (χ2n) is 5.62. The average molecular weight is 242 g/mol.